The average molecular weight is 335 g/mol. The monoisotopic (exact) mass is 335 g/mol. The van der Waals surface area contributed by atoms with E-state index in [4.69, 9.17) is 4.74 Å². The van der Waals surface area contributed by atoms with Crippen LogP contribution in [0.2, 0.25) is 0 Å². The largest absolute Gasteiger partial charge is 0.455 e. The third-order valence-corrected chi connectivity index (χ3v) is 5.52. The SMILES string of the molecule is Cc1cccc(-c2cnc(NC3=NC[C@@]4(CN5CC[C@H]4C5)O3)nc2)c1. The number of benzene rings is 1. The number of fused-ring (bicyclic) bond motifs is 3. The fraction of sp³-hybridized carbons (Fsp3) is 0.421. The van der Waals surface area contributed by atoms with Crippen molar-refractivity contribution in [3.63, 3.8) is 0 Å². The molecule has 1 spiro atoms. The molecule has 1 aromatic carbocycles. The van der Waals surface area contributed by atoms with Crippen LogP contribution >= 0.6 is 0 Å². The van der Waals surface area contributed by atoms with Gasteiger partial charge in [0.1, 0.15) is 5.60 Å². The first-order valence-corrected chi connectivity index (χ1v) is 8.82. The summed E-state index contributed by atoms with van der Waals surface area (Å²) in [5.41, 5.74) is 3.22. The van der Waals surface area contributed by atoms with Crippen LogP contribution in [0.4, 0.5) is 5.95 Å². The summed E-state index contributed by atoms with van der Waals surface area (Å²) in [6, 6.07) is 8.87. The minimum atomic E-state index is -0.123. The van der Waals surface area contributed by atoms with Crippen LogP contribution in [0, 0.1) is 12.8 Å². The molecule has 0 radical (unpaired) electrons. The predicted molar refractivity (Wildman–Crippen MR) is 96.5 cm³/mol. The molecule has 6 nitrogen and oxygen atoms in total. The Balaban J connectivity index is 1.28. The Morgan fingerprint density at radius 1 is 1.24 bits per heavy atom. The van der Waals surface area contributed by atoms with Crippen LogP contribution in [-0.4, -0.2) is 52.7 Å². The molecule has 3 aliphatic rings. The second kappa shape index (κ2) is 5.52. The minimum absolute atomic E-state index is 0.123. The van der Waals surface area contributed by atoms with Crippen LogP contribution in [0.3, 0.4) is 0 Å². The lowest BCUT2D eigenvalue weighted by atomic mass is 9.88. The molecule has 1 unspecified atom stereocenters. The molecule has 1 aromatic heterocycles. The number of aryl methyl sites for hydroxylation is 1. The number of hydrogen-bond donors (Lipinski definition) is 1. The molecule has 0 aliphatic carbocycles. The summed E-state index contributed by atoms with van der Waals surface area (Å²) in [4.78, 5) is 15.9. The summed E-state index contributed by atoms with van der Waals surface area (Å²) in [6.45, 7) is 6.14. The van der Waals surface area contributed by atoms with Crippen molar-refractivity contribution in [2.45, 2.75) is 18.9 Å². The highest BCUT2D eigenvalue weighted by atomic mass is 16.5. The van der Waals surface area contributed by atoms with Crippen molar-refractivity contribution in [1.82, 2.24) is 14.9 Å². The molecule has 25 heavy (non-hydrogen) atoms. The zero-order valence-electron chi connectivity index (χ0n) is 14.3. The van der Waals surface area contributed by atoms with Crippen molar-refractivity contribution >= 4 is 12.0 Å². The number of amidine groups is 1. The van der Waals surface area contributed by atoms with Gasteiger partial charge in [-0.25, -0.2) is 15.0 Å². The van der Waals surface area contributed by atoms with Gasteiger partial charge in [0.2, 0.25) is 5.95 Å². The lowest BCUT2D eigenvalue weighted by molar-refractivity contribution is 0.0363. The van der Waals surface area contributed by atoms with E-state index in [1.807, 2.05) is 18.5 Å². The van der Waals surface area contributed by atoms with E-state index in [0.717, 1.165) is 30.8 Å². The lowest BCUT2D eigenvalue weighted by Gasteiger charge is -2.32. The molecule has 0 saturated carbocycles. The molecule has 2 aromatic rings. The van der Waals surface area contributed by atoms with Crippen LogP contribution in [0.1, 0.15) is 12.0 Å². The maximum absolute atomic E-state index is 6.20. The second-order valence-electron chi connectivity index (χ2n) is 7.30. The zero-order chi connectivity index (χ0) is 16.9. The van der Waals surface area contributed by atoms with Crippen molar-refractivity contribution in [2.24, 2.45) is 10.9 Å². The molecular weight excluding hydrogens is 314 g/mol. The van der Waals surface area contributed by atoms with Crippen LogP contribution in [-0.2, 0) is 4.74 Å². The fourth-order valence-electron chi connectivity index (χ4n) is 4.20. The maximum atomic E-state index is 6.20. The maximum Gasteiger partial charge on any atom is 0.292 e. The van der Waals surface area contributed by atoms with Gasteiger partial charge in [-0.1, -0.05) is 29.8 Å². The van der Waals surface area contributed by atoms with Crippen LogP contribution in [0.25, 0.3) is 11.1 Å². The number of nitrogens with zero attached hydrogens (tertiary/aromatic N) is 4. The summed E-state index contributed by atoms with van der Waals surface area (Å²) in [5.74, 6) is 1.12. The molecule has 2 saturated heterocycles. The number of rotatable bonds is 2. The molecular formula is C19H21N5O. The molecule has 6 heteroatoms. The van der Waals surface area contributed by atoms with E-state index >= 15 is 0 Å². The van der Waals surface area contributed by atoms with E-state index in [1.165, 1.54) is 18.5 Å². The number of nitrogens with one attached hydrogen (secondary N) is 1. The average Bonchev–Trinajstić information content (AvgIpc) is 3.32. The number of anilines is 1. The molecule has 5 rings (SSSR count). The predicted octanol–water partition coefficient (Wildman–Crippen LogP) is 2.32. The summed E-state index contributed by atoms with van der Waals surface area (Å²) < 4.78 is 6.20. The van der Waals surface area contributed by atoms with Crippen LogP contribution in [0.5, 0.6) is 0 Å². The second-order valence-corrected chi connectivity index (χ2v) is 7.30. The van der Waals surface area contributed by atoms with E-state index in [9.17, 15) is 0 Å². The highest BCUT2D eigenvalue weighted by molar-refractivity contribution is 5.88. The number of ether oxygens (including phenoxy) is 1. The Bertz CT molecular complexity index is 834. The van der Waals surface area contributed by atoms with Crippen molar-refractivity contribution in [2.75, 3.05) is 31.5 Å². The van der Waals surface area contributed by atoms with E-state index in [0.29, 0.717) is 17.9 Å². The molecule has 3 atom stereocenters. The Morgan fingerprint density at radius 3 is 2.84 bits per heavy atom. The van der Waals surface area contributed by atoms with Gasteiger partial charge in [0, 0.05) is 37.0 Å². The molecule has 2 fully saturated rings. The van der Waals surface area contributed by atoms with E-state index in [-0.39, 0.29) is 5.60 Å². The summed E-state index contributed by atoms with van der Waals surface area (Å²) >= 11 is 0. The third kappa shape index (κ3) is 2.57. The van der Waals surface area contributed by atoms with Gasteiger partial charge in [0.25, 0.3) is 6.02 Å². The molecule has 1 N–H and O–H groups in total. The standard InChI is InChI=1S/C19H21N5O/c1-13-3-2-4-14(7-13)15-8-20-17(21-9-15)23-18-22-11-19(25-18)12-24-6-5-16(19)10-24/h2-4,7-9,16H,5-6,10-12H2,1H3,(H,20,21,22,23)/t16-,19-/m0/s1. The minimum Gasteiger partial charge on any atom is -0.455 e. The number of aliphatic imine (C=N–C) groups is 1. The normalized spacial score (nSPS) is 29.7. The first kappa shape index (κ1) is 14.8. The van der Waals surface area contributed by atoms with Crippen molar-refractivity contribution < 1.29 is 4.74 Å². The Hall–Kier alpha value is -2.47. The van der Waals surface area contributed by atoms with Gasteiger partial charge in [0.15, 0.2) is 0 Å². The topological polar surface area (TPSA) is 62.6 Å². The van der Waals surface area contributed by atoms with E-state index in [1.54, 1.807) is 0 Å². The molecule has 0 amide bonds. The van der Waals surface area contributed by atoms with Crippen LogP contribution < -0.4 is 5.32 Å². The number of hydrogen-bond acceptors (Lipinski definition) is 6. The van der Waals surface area contributed by atoms with E-state index in [2.05, 4.69) is 50.3 Å². The fourth-order valence-corrected chi connectivity index (χ4v) is 4.20. The van der Waals surface area contributed by atoms with Crippen molar-refractivity contribution in [1.29, 1.82) is 0 Å². The Morgan fingerprint density at radius 2 is 2.12 bits per heavy atom. The number of aromatic nitrogens is 2. The Kier molecular flexibility index (Phi) is 3.28. The highest BCUT2D eigenvalue weighted by Gasteiger charge is 2.54. The summed E-state index contributed by atoms with van der Waals surface area (Å²) in [7, 11) is 0. The van der Waals surface area contributed by atoms with Gasteiger partial charge in [-0.2, -0.15) is 0 Å². The molecule has 4 heterocycles. The lowest BCUT2D eigenvalue weighted by Crippen LogP contribution is -2.46. The first-order valence-electron chi connectivity index (χ1n) is 8.82. The van der Waals surface area contributed by atoms with Crippen molar-refractivity contribution in [3.05, 3.63) is 42.2 Å². The zero-order valence-corrected chi connectivity index (χ0v) is 14.3. The molecule has 3 aliphatic heterocycles. The van der Waals surface area contributed by atoms with Gasteiger partial charge in [-0.3, -0.25) is 10.2 Å². The van der Waals surface area contributed by atoms with Gasteiger partial charge in [-0.05, 0) is 25.5 Å². The quantitative estimate of drug-likeness (QED) is 0.913. The van der Waals surface area contributed by atoms with Crippen molar-refractivity contribution in [3.8, 4) is 11.1 Å². The van der Waals surface area contributed by atoms with Gasteiger partial charge in [-0.15, -0.1) is 0 Å². The highest BCUT2D eigenvalue weighted by Crippen LogP contribution is 2.41. The van der Waals surface area contributed by atoms with Gasteiger partial charge < -0.3 is 4.74 Å². The smallest absolute Gasteiger partial charge is 0.292 e. The van der Waals surface area contributed by atoms with Gasteiger partial charge >= 0.3 is 0 Å². The van der Waals surface area contributed by atoms with Gasteiger partial charge in [0.05, 0.1) is 6.54 Å². The summed E-state index contributed by atoms with van der Waals surface area (Å²) in [6.07, 6.45) is 4.88. The number of piperidine rings is 1. The van der Waals surface area contributed by atoms with Crippen LogP contribution in [0.15, 0.2) is 41.7 Å². The van der Waals surface area contributed by atoms with E-state index < -0.39 is 0 Å². The first-order chi connectivity index (χ1) is 12.2. The Labute approximate surface area is 147 Å². The third-order valence-electron chi connectivity index (χ3n) is 5.52. The summed E-state index contributed by atoms with van der Waals surface area (Å²) in [5, 5.41) is 3.13. The molecule has 128 valence electrons. The molecule has 2 bridgehead atoms.